The molecule has 0 bridgehead atoms. The molecule has 0 saturated carbocycles. The molecular formula is C19H21F2N3O2. The number of rotatable bonds is 3. The van der Waals surface area contributed by atoms with Crippen LogP contribution < -0.4 is 0 Å². The Balaban J connectivity index is 1.78. The molecule has 1 amide bonds. The number of aliphatic hydroxyl groups is 1. The van der Waals surface area contributed by atoms with Gasteiger partial charge in [0.25, 0.3) is 5.91 Å². The predicted molar refractivity (Wildman–Crippen MR) is 91.2 cm³/mol. The van der Waals surface area contributed by atoms with E-state index in [0.717, 1.165) is 36.6 Å². The van der Waals surface area contributed by atoms with Gasteiger partial charge in [0.1, 0.15) is 11.5 Å². The molecule has 4 rings (SSSR count). The number of likely N-dealkylation sites (tertiary alicyclic amines) is 1. The Hall–Kier alpha value is -2.28. The van der Waals surface area contributed by atoms with Gasteiger partial charge in [-0.1, -0.05) is 0 Å². The zero-order valence-electron chi connectivity index (χ0n) is 14.6. The maximum atomic E-state index is 14.3. The summed E-state index contributed by atoms with van der Waals surface area (Å²) in [7, 11) is 0. The Bertz CT molecular complexity index is 865. The van der Waals surface area contributed by atoms with Crippen LogP contribution in [0.15, 0.2) is 18.2 Å². The highest BCUT2D eigenvalue weighted by molar-refractivity contribution is 5.95. The summed E-state index contributed by atoms with van der Waals surface area (Å²) in [5.41, 5.74) is 2.13. The first-order valence-corrected chi connectivity index (χ1v) is 9.01. The van der Waals surface area contributed by atoms with Crippen LogP contribution in [-0.4, -0.2) is 44.4 Å². The molecule has 0 spiro atoms. The summed E-state index contributed by atoms with van der Waals surface area (Å²) < 4.78 is 29.0. The Morgan fingerprint density at radius 3 is 2.85 bits per heavy atom. The minimum atomic E-state index is -0.705. The van der Waals surface area contributed by atoms with E-state index in [4.69, 9.17) is 0 Å². The zero-order valence-corrected chi connectivity index (χ0v) is 14.6. The van der Waals surface area contributed by atoms with Crippen molar-refractivity contribution in [2.45, 2.75) is 51.1 Å². The smallest absolute Gasteiger partial charge is 0.275 e. The summed E-state index contributed by atoms with van der Waals surface area (Å²) in [6, 6.07) is 3.18. The fraction of sp³-hybridized carbons (Fsp3) is 0.474. The van der Waals surface area contributed by atoms with Crippen LogP contribution in [0.3, 0.4) is 0 Å². The number of fused-ring (bicyclic) bond motifs is 1. The fourth-order valence-electron chi connectivity index (χ4n) is 4.20. The number of carbonyl (C=O) groups excluding carboxylic acids is 1. The maximum absolute atomic E-state index is 14.3. The second-order valence-electron chi connectivity index (χ2n) is 7.11. The van der Waals surface area contributed by atoms with E-state index in [0.29, 0.717) is 18.5 Å². The summed E-state index contributed by atoms with van der Waals surface area (Å²) in [4.78, 5) is 14.9. The van der Waals surface area contributed by atoms with Crippen molar-refractivity contribution < 1.29 is 18.7 Å². The standard InChI is InChI=1S/C19H21F2N3O2/c1-11-5-7-13(10-25)23(11)19(26)18-14-3-2-4-16(14)24(22-18)17-8-6-12(20)9-15(17)21/h6,8-9,11,13,25H,2-5,7,10H2,1H3/t11-,13-/m1/s1. The van der Waals surface area contributed by atoms with Crippen LogP contribution >= 0.6 is 0 Å². The summed E-state index contributed by atoms with van der Waals surface area (Å²) in [6.45, 7) is 1.88. The van der Waals surface area contributed by atoms with Gasteiger partial charge in [-0.2, -0.15) is 5.10 Å². The van der Waals surface area contributed by atoms with Gasteiger partial charge in [0.15, 0.2) is 11.5 Å². The van der Waals surface area contributed by atoms with Crippen molar-refractivity contribution in [2.75, 3.05) is 6.61 Å². The largest absolute Gasteiger partial charge is 0.394 e. The van der Waals surface area contributed by atoms with E-state index in [1.165, 1.54) is 16.8 Å². The summed E-state index contributed by atoms with van der Waals surface area (Å²) in [5, 5.41) is 14.0. The minimum Gasteiger partial charge on any atom is -0.394 e. The second-order valence-corrected chi connectivity index (χ2v) is 7.11. The summed E-state index contributed by atoms with van der Waals surface area (Å²) in [5.74, 6) is -1.57. The SMILES string of the molecule is C[C@@H]1CC[C@H](CO)N1C(=O)c1nn(-c2ccc(F)cc2F)c2c1CCC2. The Morgan fingerprint density at radius 1 is 1.31 bits per heavy atom. The number of hydrogen-bond acceptors (Lipinski definition) is 3. The average molecular weight is 361 g/mol. The molecule has 0 radical (unpaired) electrons. The zero-order chi connectivity index (χ0) is 18.4. The molecule has 2 heterocycles. The molecular weight excluding hydrogens is 340 g/mol. The van der Waals surface area contributed by atoms with E-state index in [9.17, 15) is 18.7 Å². The fourth-order valence-corrected chi connectivity index (χ4v) is 4.20. The van der Waals surface area contributed by atoms with Crippen LogP contribution in [0.5, 0.6) is 0 Å². The van der Waals surface area contributed by atoms with E-state index >= 15 is 0 Å². The number of amides is 1. The lowest BCUT2D eigenvalue weighted by atomic mass is 10.1. The van der Waals surface area contributed by atoms with Gasteiger partial charge in [-0.3, -0.25) is 4.79 Å². The van der Waals surface area contributed by atoms with Crippen LogP contribution in [0.4, 0.5) is 8.78 Å². The van der Waals surface area contributed by atoms with Gasteiger partial charge in [-0.05, 0) is 51.2 Å². The third kappa shape index (κ3) is 2.61. The van der Waals surface area contributed by atoms with Crippen molar-refractivity contribution >= 4 is 5.91 Å². The van der Waals surface area contributed by atoms with E-state index < -0.39 is 11.6 Å². The van der Waals surface area contributed by atoms with E-state index in [1.54, 1.807) is 4.90 Å². The number of aliphatic hydroxyl groups excluding tert-OH is 1. The number of nitrogens with zero attached hydrogens (tertiary/aromatic N) is 3. The molecule has 1 aromatic carbocycles. The normalized spacial score (nSPS) is 22.1. The number of aromatic nitrogens is 2. The molecule has 1 N–H and O–H groups in total. The van der Waals surface area contributed by atoms with Crippen molar-refractivity contribution in [1.29, 1.82) is 0 Å². The van der Waals surface area contributed by atoms with Crippen molar-refractivity contribution in [3.05, 3.63) is 46.8 Å². The topological polar surface area (TPSA) is 58.4 Å². The van der Waals surface area contributed by atoms with Gasteiger partial charge in [-0.25, -0.2) is 13.5 Å². The van der Waals surface area contributed by atoms with Gasteiger partial charge in [-0.15, -0.1) is 0 Å². The predicted octanol–water partition coefficient (Wildman–Crippen LogP) is 2.62. The average Bonchev–Trinajstić information content (AvgIpc) is 3.29. The first kappa shape index (κ1) is 17.1. The Labute approximate surface area is 150 Å². The van der Waals surface area contributed by atoms with Crippen LogP contribution in [0.25, 0.3) is 5.69 Å². The van der Waals surface area contributed by atoms with E-state index in [2.05, 4.69) is 5.10 Å². The minimum absolute atomic E-state index is 0.0319. The quantitative estimate of drug-likeness (QED) is 0.914. The van der Waals surface area contributed by atoms with Crippen molar-refractivity contribution in [1.82, 2.24) is 14.7 Å². The molecule has 0 unspecified atom stereocenters. The van der Waals surface area contributed by atoms with Gasteiger partial charge in [0.05, 0.1) is 12.6 Å². The lowest BCUT2D eigenvalue weighted by molar-refractivity contribution is 0.0604. The third-order valence-corrected chi connectivity index (χ3v) is 5.50. The van der Waals surface area contributed by atoms with Gasteiger partial charge in [0, 0.05) is 23.4 Å². The van der Waals surface area contributed by atoms with Crippen LogP contribution in [0, 0.1) is 11.6 Å². The molecule has 7 heteroatoms. The highest BCUT2D eigenvalue weighted by atomic mass is 19.1. The van der Waals surface area contributed by atoms with Gasteiger partial charge < -0.3 is 10.0 Å². The monoisotopic (exact) mass is 361 g/mol. The number of benzene rings is 1. The first-order valence-electron chi connectivity index (χ1n) is 9.01. The van der Waals surface area contributed by atoms with Crippen molar-refractivity contribution in [2.24, 2.45) is 0 Å². The van der Waals surface area contributed by atoms with Crippen LogP contribution in [0.1, 0.15) is 47.9 Å². The molecule has 2 aliphatic rings. The highest BCUT2D eigenvalue weighted by Crippen LogP contribution is 2.32. The molecule has 1 aliphatic heterocycles. The number of hydrogen-bond donors (Lipinski definition) is 1. The summed E-state index contributed by atoms with van der Waals surface area (Å²) in [6.07, 6.45) is 3.89. The molecule has 5 nitrogen and oxygen atoms in total. The highest BCUT2D eigenvalue weighted by Gasteiger charge is 2.38. The molecule has 2 aromatic rings. The third-order valence-electron chi connectivity index (χ3n) is 5.50. The molecule has 2 atom stereocenters. The van der Waals surface area contributed by atoms with E-state index in [1.807, 2.05) is 6.92 Å². The maximum Gasteiger partial charge on any atom is 0.275 e. The Morgan fingerprint density at radius 2 is 2.12 bits per heavy atom. The second kappa shape index (κ2) is 6.46. The van der Waals surface area contributed by atoms with Crippen LogP contribution in [-0.2, 0) is 12.8 Å². The molecule has 1 aromatic heterocycles. The van der Waals surface area contributed by atoms with Crippen molar-refractivity contribution in [3.63, 3.8) is 0 Å². The molecule has 1 aliphatic carbocycles. The Kier molecular flexibility index (Phi) is 4.26. The lowest BCUT2D eigenvalue weighted by Crippen LogP contribution is -2.42. The van der Waals surface area contributed by atoms with E-state index in [-0.39, 0.29) is 30.3 Å². The van der Waals surface area contributed by atoms with Crippen molar-refractivity contribution in [3.8, 4) is 5.69 Å². The molecule has 26 heavy (non-hydrogen) atoms. The lowest BCUT2D eigenvalue weighted by Gasteiger charge is -2.27. The van der Waals surface area contributed by atoms with Gasteiger partial charge in [0.2, 0.25) is 0 Å². The van der Waals surface area contributed by atoms with Gasteiger partial charge >= 0.3 is 0 Å². The molecule has 1 saturated heterocycles. The molecule has 138 valence electrons. The molecule has 1 fully saturated rings. The number of halogens is 2. The summed E-state index contributed by atoms with van der Waals surface area (Å²) >= 11 is 0. The first-order chi connectivity index (χ1) is 12.5. The van der Waals surface area contributed by atoms with Crippen LogP contribution in [0.2, 0.25) is 0 Å². The number of carbonyl (C=O) groups is 1.